The van der Waals surface area contributed by atoms with Crippen LogP contribution in [-0.2, 0) is 28.9 Å². The topological polar surface area (TPSA) is 192 Å². The highest BCUT2D eigenvalue weighted by molar-refractivity contribution is 7.80. The van der Waals surface area contributed by atoms with Crippen molar-refractivity contribution in [2.45, 2.75) is 397 Å². The summed E-state index contributed by atoms with van der Waals surface area (Å²) in [5.74, 6) is -0.220. The van der Waals surface area contributed by atoms with Crippen molar-refractivity contribution in [1.29, 1.82) is 0 Å². The molecular weight excluding hydrogens is 1000 g/mol. The standard InChI is InChI=1S/C65H129NO11S/c1-3-5-7-9-11-13-15-17-19-21-23-24-25-26-27-28-29-30-31-32-33-34-35-36-37-39-41-43-45-47-49-51-53-55-61(69)66-58(57-75-65-63(71)64(77-78(72,73)74)62(70)60(56-67)76-65)59(68)54-52-50-48-46-44-42-40-38-22-20-18-16-14-12-10-8-6-4-2/h58-60,62-65,67-68,70-71H,3-57H2,1-2H3,(H,66,69)(H,72,73,74). The Hall–Kier alpha value is -0.900. The predicted octanol–water partition coefficient (Wildman–Crippen LogP) is 17.2. The molecule has 0 bridgehead atoms. The summed E-state index contributed by atoms with van der Waals surface area (Å²) >= 11 is 0. The minimum atomic E-state index is -5.08. The van der Waals surface area contributed by atoms with Crippen molar-refractivity contribution < 1.29 is 51.8 Å². The van der Waals surface area contributed by atoms with Crippen LogP contribution in [0, 0.1) is 0 Å². The highest BCUT2D eigenvalue weighted by Crippen LogP contribution is 2.27. The maximum absolute atomic E-state index is 13.2. The summed E-state index contributed by atoms with van der Waals surface area (Å²) < 4.78 is 48.0. The van der Waals surface area contributed by atoms with E-state index in [4.69, 9.17) is 9.47 Å². The molecule has 1 aliphatic heterocycles. The number of unbranched alkanes of at least 4 members (excludes halogenated alkanes) is 49. The van der Waals surface area contributed by atoms with Crippen LogP contribution < -0.4 is 5.32 Å². The second-order valence-electron chi connectivity index (χ2n) is 24.1. The van der Waals surface area contributed by atoms with Gasteiger partial charge in [-0.15, -0.1) is 0 Å². The number of aliphatic hydroxyl groups is 4. The quantitative estimate of drug-likeness (QED) is 0.0251. The summed E-state index contributed by atoms with van der Waals surface area (Å²) in [4.78, 5) is 13.2. The summed E-state index contributed by atoms with van der Waals surface area (Å²) in [7, 11) is -5.08. The molecule has 0 saturated carbocycles. The summed E-state index contributed by atoms with van der Waals surface area (Å²) in [6.07, 6.45) is 58.6. The SMILES string of the molecule is CCCCCCCCCCCCCCCCCCCCCCCCCCCCCCCCCCCC(=O)NC(COC1OC(CO)C(O)C(OS(=O)(=O)O)C1O)C(O)CCCCCCCCCCCCCCCCCCCC. The Kier molecular flexibility index (Phi) is 53.3. The van der Waals surface area contributed by atoms with Crippen molar-refractivity contribution >= 4 is 16.3 Å². The van der Waals surface area contributed by atoms with Crippen LogP contribution in [0.1, 0.15) is 354 Å². The average molecular weight is 1130 g/mol. The van der Waals surface area contributed by atoms with Crippen LogP contribution in [0.15, 0.2) is 0 Å². The fraction of sp³-hybridized carbons (Fsp3) is 0.985. The number of amides is 1. The zero-order valence-electron chi connectivity index (χ0n) is 51.0. The molecule has 7 atom stereocenters. The molecule has 1 fully saturated rings. The van der Waals surface area contributed by atoms with E-state index in [1.807, 2.05) is 0 Å². The third-order valence-electron chi connectivity index (χ3n) is 16.7. The Labute approximate surface area is 481 Å². The molecule has 78 heavy (non-hydrogen) atoms. The van der Waals surface area contributed by atoms with Gasteiger partial charge in [0.25, 0.3) is 0 Å². The van der Waals surface area contributed by atoms with Gasteiger partial charge in [-0.2, -0.15) is 8.42 Å². The van der Waals surface area contributed by atoms with Gasteiger partial charge in [0.05, 0.1) is 25.4 Å². The van der Waals surface area contributed by atoms with Crippen LogP contribution >= 0.6 is 0 Å². The fourth-order valence-corrected chi connectivity index (χ4v) is 12.0. The highest BCUT2D eigenvalue weighted by atomic mass is 32.3. The number of carbonyl (C=O) groups excluding carboxylic acids is 1. The van der Waals surface area contributed by atoms with E-state index in [0.29, 0.717) is 12.8 Å². The van der Waals surface area contributed by atoms with Crippen LogP contribution in [0.2, 0.25) is 0 Å². The van der Waals surface area contributed by atoms with E-state index in [2.05, 4.69) is 23.3 Å². The van der Waals surface area contributed by atoms with Gasteiger partial charge in [-0.1, -0.05) is 335 Å². The van der Waals surface area contributed by atoms with E-state index >= 15 is 0 Å². The Morgan fingerprint density at radius 3 is 1.03 bits per heavy atom. The van der Waals surface area contributed by atoms with Gasteiger partial charge in [-0.3, -0.25) is 9.35 Å². The molecule has 0 radical (unpaired) electrons. The van der Waals surface area contributed by atoms with Crippen molar-refractivity contribution in [1.82, 2.24) is 5.32 Å². The first-order chi connectivity index (χ1) is 38.0. The van der Waals surface area contributed by atoms with Gasteiger partial charge >= 0.3 is 10.4 Å². The number of rotatable bonds is 61. The summed E-state index contributed by atoms with van der Waals surface area (Å²) in [6, 6.07) is -0.854. The minimum absolute atomic E-state index is 0.220. The molecule has 1 aliphatic rings. The van der Waals surface area contributed by atoms with E-state index in [1.54, 1.807) is 0 Å². The number of carbonyl (C=O) groups is 1. The van der Waals surface area contributed by atoms with E-state index in [1.165, 1.54) is 276 Å². The van der Waals surface area contributed by atoms with Gasteiger partial charge in [-0.05, 0) is 12.8 Å². The Balaban J connectivity index is 2.19. The molecule has 1 amide bonds. The highest BCUT2D eigenvalue weighted by Gasteiger charge is 2.48. The van der Waals surface area contributed by atoms with Crippen LogP contribution in [0.5, 0.6) is 0 Å². The normalized spacial score (nSPS) is 18.7. The molecule has 0 aliphatic carbocycles. The Bertz CT molecular complexity index is 1380. The van der Waals surface area contributed by atoms with E-state index in [9.17, 15) is 38.2 Å². The summed E-state index contributed by atoms with van der Waals surface area (Å²) in [6.45, 7) is 3.52. The lowest BCUT2D eigenvalue weighted by Gasteiger charge is -2.41. The van der Waals surface area contributed by atoms with Crippen molar-refractivity contribution in [3.05, 3.63) is 0 Å². The largest absolute Gasteiger partial charge is 0.397 e. The molecule has 7 unspecified atom stereocenters. The van der Waals surface area contributed by atoms with Gasteiger partial charge in [0, 0.05) is 6.42 Å². The molecule has 0 spiro atoms. The molecule has 0 aromatic rings. The van der Waals surface area contributed by atoms with Gasteiger partial charge in [-0.25, -0.2) is 4.18 Å². The maximum Gasteiger partial charge on any atom is 0.397 e. The lowest BCUT2D eigenvalue weighted by molar-refractivity contribution is -0.298. The molecule has 13 heteroatoms. The van der Waals surface area contributed by atoms with E-state index in [0.717, 1.165) is 51.4 Å². The Morgan fingerprint density at radius 1 is 0.462 bits per heavy atom. The van der Waals surface area contributed by atoms with Crippen molar-refractivity contribution in [3.8, 4) is 0 Å². The molecule has 0 aromatic carbocycles. The lowest BCUT2D eigenvalue weighted by atomic mass is 9.99. The molecule has 1 heterocycles. The first kappa shape index (κ1) is 75.1. The number of hydrogen-bond acceptors (Lipinski definition) is 10. The van der Waals surface area contributed by atoms with Crippen LogP contribution in [0.25, 0.3) is 0 Å². The second kappa shape index (κ2) is 55.3. The van der Waals surface area contributed by atoms with Gasteiger partial charge in [0.1, 0.15) is 24.4 Å². The molecule has 1 saturated heterocycles. The molecule has 6 N–H and O–H groups in total. The van der Waals surface area contributed by atoms with Crippen molar-refractivity contribution in [2.24, 2.45) is 0 Å². The number of nitrogens with one attached hydrogen (secondary N) is 1. The molecule has 1 rings (SSSR count). The first-order valence-corrected chi connectivity index (χ1v) is 35.3. The maximum atomic E-state index is 13.2. The lowest BCUT2D eigenvalue weighted by Crippen LogP contribution is -2.61. The number of hydrogen-bond donors (Lipinski definition) is 6. The number of aliphatic hydroxyl groups excluding tert-OH is 4. The smallest absolute Gasteiger partial charge is 0.394 e. The fourth-order valence-electron chi connectivity index (χ4n) is 11.5. The monoisotopic (exact) mass is 1130 g/mol. The summed E-state index contributed by atoms with van der Waals surface area (Å²) in [5.41, 5.74) is 0. The zero-order chi connectivity index (χ0) is 56.8. The van der Waals surface area contributed by atoms with Crippen molar-refractivity contribution in [3.63, 3.8) is 0 Å². The minimum Gasteiger partial charge on any atom is -0.394 e. The van der Waals surface area contributed by atoms with Gasteiger partial charge < -0.3 is 35.2 Å². The third-order valence-corrected chi connectivity index (χ3v) is 17.1. The van der Waals surface area contributed by atoms with E-state index in [-0.39, 0.29) is 12.5 Å². The van der Waals surface area contributed by atoms with E-state index < -0.39 is 59.9 Å². The second-order valence-corrected chi connectivity index (χ2v) is 25.2. The molecule has 466 valence electrons. The Morgan fingerprint density at radius 2 is 0.744 bits per heavy atom. The molecule has 0 aromatic heterocycles. The van der Waals surface area contributed by atoms with Crippen LogP contribution in [0.4, 0.5) is 0 Å². The third kappa shape index (κ3) is 46.6. The zero-order valence-corrected chi connectivity index (χ0v) is 51.8. The average Bonchev–Trinajstić information content (AvgIpc) is 3.43. The molecular formula is C65H129NO11S. The first-order valence-electron chi connectivity index (χ1n) is 33.9. The van der Waals surface area contributed by atoms with Gasteiger partial charge in [0.15, 0.2) is 6.29 Å². The number of ether oxygens (including phenoxy) is 2. The van der Waals surface area contributed by atoms with Crippen LogP contribution in [0.3, 0.4) is 0 Å². The molecule has 12 nitrogen and oxygen atoms in total. The van der Waals surface area contributed by atoms with Gasteiger partial charge in [0.2, 0.25) is 5.91 Å². The predicted molar refractivity (Wildman–Crippen MR) is 324 cm³/mol. The summed E-state index contributed by atoms with van der Waals surface area (Å²) in [5, 5.41) is 45.2. The van der Waals surface area contributed by atoms with Crippen LogP contribution in [-0.4, -0.2) is 95.4 Å². The van der Waals surface area contributed by atoms with Crippen molar-refractivity contribution in [2.75, 3.05) is 13.2 Å².